The van der Waals surface area contributed by atoms with Crippen LogP contribution in [-0.2, 0) is 14.3 Å². The molecule has 2 rings (SSSR count). The number of halogens is 2. The summed E-state index contributed by atoms with van der Waals surface area (Å²) in [5, 5.41) is 9.56. The van der Waals surface area contributed by atoms with E-state index >= 15 is 0 Å². The zero-order valence-electron chi connectivity index (χ0n) is 13.5. The highest BCUT2D eigenvalue weighted by Gasteiger charge is 2.39. The number of carbonyl (C=O) groups excluding carboxylic acids is 1. The third-order valence-corrected chi connectivity index (χ3v) is 4.33. The molecular weight excluding hydrogens is 379 g/mol. The summed E-state index contributed by atoms with van der Waals surface area (Å²) >= 11 is 3.21. The van der Waals surface area contributed by atoms with Crippen molar-refractivity contribution < 1.29 is 18.7 Å². The molecule has 2 atom stereocenters. The quantitative estimate of drug-likeness (QED) is 0.733. The number of benzene rings is 1. The van der Waals surface area contributed by atoms with Crippen LogP contribution in [0.2, 0.25) is 0 Å². The largest absolute Gasteiger partial charge is 0.466 e. The minimum Gasteiger partial charge on any atom is -0.466 e. The van der Waals surface area contributed by atoms with Crippen molar-refractivity contribution in [1.82, 2.24) is 0 Å². The third kappa shape index (κ3) is 3.40. The fourth-order valence-electron chi connectivity index (χ4n) is 2.79. The van der Waals surface area contributed by atoms with E-state index in [1.54, 1.807) is 19.1 Å². The molecule has 126 valence electrons. The van der Waals surface area contributed by atoms with Gasteiger partial charge in [0.25, 0.3) is 0 Å². The maximum absolute atomic E-state index is 14.5. The van der Waals surface area contributed by atoms with Crippen molar-refractivity contribution in [3.8, 4) is 6.07 Å². The van der Waals surface area contributed by atoms with Crippen LogP contribution < -0.4 is 0 Å². The molecule has 0 saturated heterocycles. The van der Waals surface area contributed by atoms with Crippen molar-refractivity contribution >= 4 is 27.6 Å². The Morgan fingerprint density at radius 1 is 1.46 bits per heavy atom. The molecule has 7 heteroatoms. The number of ether oxygens (including phenoxy) is 2. The van der Waals surface area contributed by atoms with E-state index in [-0.39, 0.29) is 17.7 Å². The molecule has 24 heavy (non-hydrogen) atoms. The Kier molecular flexibility index (Phi) is 5.86. The summed E-state index contributed by atoms with van der Waals surface area (Å²) in [4.78, 5) is 16.7. The molecule has 0 N–H and O–H groups in total. The molecule has 2 unspecified atom stereocenters. The van der Waals surface area contributed by atoms with Crippen molar-refractivity contribution in [3.05, 3.63) is 45.3 Å². The summed E-state index contributed by atoms with van der Waals surface area (Å²) in [5.74, 6) is -2.73. The lowest BCUT2D eigenvalue weighted by Crippen LogP contribution is -2.31. The fraction of sp³-hybridized carbons (Fsp3) is 0.353. The first-order valence-corrected chi connectivity index (χ1v) is 7.93. The molecule has 0 amide bonds. The van der Waals surface area contributed by atoms with Crippen LogP contribution in [0.4, 0.5) is 4.39 Å². The van der Waals surface area contributed by atoms with Gasteiger partial charge in [-0.2, -0.15) is 5.26 Å². The van der Waals surface area contributed by atoms with Crippen molar-refractivity contribution in [1.29, 1.82) is 5.26 Å². The van der Waals surface area contributed by atoms with E-state index in [0.717, 1.165) is 0 Å². The summed E-state index contributed by atoms with van der Waals surface area (Å²) in [6, 6.07) is 6.65. The Hall–Kier alpha value is -2.04. The van der Waals surface area contributed by atoms with Crippen LogP contribution in [0.3, 0.4) is 0 Å². The van der Waals surface area contributed by atoms with Gasteiger partial charge in [-0.25, -0.2) is 9.18 Å². The number of carbonyl (C=O) groups is 1. The van der Waals surface area contributed by atoms with Crippen molar-refractivity contribution in [3.63, 3.8) is 0 Å². The lowest BCUT2D eigenvalue weighted by Gasteiger charge is -2.29. The van der Waals surface area contributed by atoms with Crippen molar-refractivity contribution in [2.75, 3.05) is 20.8 Å². The Labute approximate surface area is 147 Å². The number of nitriles is 1. The van der Waals surface area contributed by atoms with Crippen LogP contribution in [0.1, 0.15) is 18.4 Å². The second kappa shape index (κ2) is 7.69. The molecule has 0 bridgehead atoms. The van der Waals surface area contributed by atoms with Gasteiger partial charge in [-0.1, -0.05) is 22.0 Å². The van der Waals surface area contributed by atoms with Gasteiger partial charge < -0.3 is 9.47 Å². The number of nitrogens with zero attached hydrogens (tertiary/aromatic N) is 2. The standard InChI is InChI=1S/C17H16BrFN2O3/c1-9-12(7-20)15(11-5-4-10(18)6-13(11)19)16(17(22)24-3)14(21-9)8-23-2/h4-6,12,15H,8H2,1-3H3. The van der Waals surface area contributed by atoms with Crippen LogP contribution in [0.5, 0.6) is 0 Å². The smallest absolute Gasteiger partial charge is 0.336 e. The summed E-state index contributed by atoms with van der Waals surface area (Å²) in [6.07, 6.45) is 0. The van der Waals surface area contributed by atoms with Gasteiger partial charge in [-0.15, -0.1) is 0 Å². The lowest BCUT2D eigenvalue weighted by molar-refractivity contribution is -0.136. The van der Waals surface area contributed by atoms with Crippen LogP contribution in [0.25, 0.3) is 0 Å². The first-order valence-electron chi connectivity index (χ1n) is 7.14. The second-order valence-electron chi connectivity index (χ2n) is 5.29. The molecule has 1 aromatic carbocycles. The van der Waals surface area contributed by atoms with Crippen molar-refractivity contribution in [2.24, 2.45) is 10.9 Å². The number of esters is 1. The highest BCUT2D eigenvalue weighted by atomic mass is 79.9. The first-order chi connectivity index (χ1) is 11.4. The van der Waals surface area contributed by atoms with Gasteiger partial charge in [0.1, 0.15) is 5.82 Å². The first kappa shape index (κ1) is 18.3. The van der Waals surface area contributed by atoms with E-state index in [2.05, 4.69) is 27.0 Å². The van der Waals surface area contributed by atoms with Crippen molar-refractivity contribution in [2.45, 2.75) is 12.8 Å². The molecule has 0 aromatic heterocycles. The molecule has 0 fully saturated rings. The number of rotatable bonds is 4. The van der Waals surface area contributed by atoms with E-state index < -0.39 is 23.6 Å². The van der Waals surface area contributed by atoms with Gasteiger partial charge in [0.15, 0.2) is 0 Å². The van der Waals surface area contributed by atoms with E-state index in [9.17, 15) is 14.4 Å². The molecule has 1 aromatic rings. The highest BCUT2D eigenvalue weighted by Crippen LogP contribution is 2.40. The number of hydrogen-bond donors (Lipinski definition) is 0. The normalized spacial score (nSPS) is 20.4. The van der Waals surface area contributed by atoms with Crippen LogP contribution in [-0.4, -0.2) is 32.5 Å². The van der Waals surface area contributed by atoms with Gasteiger partial charge in [0.05, 0.1) is 37.0 Å². The van der Waals surface area contributed by atoms with E-state index in [4.69, 9.17) is 9.47 Å². The zero-order chi connectivity index (χ0) is 17.9. The minimum atomic E-state index is -0.807. The highest BCUT2D eigenvalue weighted by molar-refractivity contribution is 9.10. The summed E-state index contributed by atoms with van der Waals surface area (Å²) in [6.45, 7) is 1.75. The molecular formula is C17H16BrFN2O3. The summed E-state index contributed by atoms with van der Waals surface area (Å²) in [5.41, 5.74) is 1.25. The van der Waals surface area contributed by atoms with E-state index in [1.165, 1.54) is 20.3 Å². The van der Waals surface area contributed by atoms with E-state index in [1.807, 2.05) is 0 Å². The molecule has 0 saturated carbocycles. The third-order valence-electron chi connectivity index (χ3n) is 3.84. The Morgan fingerprint density at radius 2 is 2.17 bits per heavy atom. The molecule has 0 spiro atoms. The predicted molar refractivity (Wildman–Crippen MR) is 90.0 cm³/mol. The van der Waals surface area contributed by atoms with Gasteiger partial charge in [0, 0.05) is 23.2 Å². The van der Waals surface area contributed by atoms with E-state index in [0.29, 0.717) is 15.9 Å². The van der Waals surface area contributed by atoms with Crippen LogP contribution >= 0.6 is 15.9 Å². The number of methoxy groups -OCH3 is 2. The van der Waals surface area contributed by atoms with Crippen LogP contribution in [0.15, 0.2) is 38.9 Å². The summed E-state index contributed by atoms with van der Waals surface area (Å²) < 4.78 is 25.1. The average Bonchev–Trinajstić information content (AvgIpc) is 2.54. The fourth-order valence-corrected chi connectivity index (χ4v) is 3.12. The maximum Gasteiger partial charge on any atom is 0.336 e. The number of hydrogen-bond acceptors (Lipinski definition) is 5. The predicted octanol–water partition coefficient (Wildman–Crippen LogP) is 3.36. The SMILES string of the molecule is COCC1=C(C(=O)OC)C(c2ccc(Br)cc2F)C(C#N)C(C)=N1. The Bertz CT molecular complexity index is 768. The molecule has 0 radical (unpaired) electrons. The average molecular weight is 395 g/mol. The second-order valence-corrected chi connectivity index (χ2v) is 6.20. The Morgan fingerprint density at radius 3 is 2.71 bits per heavy atom. The zero-order valence-corrected chi connectivity index (χ0v) is 15.1. The molecule has 5 nitrogen and oxygen atoms in total. The maximum atomic E-state index is 14.5. The minimum absolute atomic E-state index is 0.0641. The number of aliphatic imine (C=N–C) groups is 1. The topological polar surface area (TPSA) is 71.7 Å². The monoisotopic (exact) mass is 394 g/mol. The Balaban J connectivity index is 2.72. The van der Waals surface area contributed by atoms with Gasteiger partial charge in [0.2, 0.25) is 0 Å². The molecule has 1 aliphatic heterocycles. The molecule has 0 aliphatic carbocycles. The molecule has 1 aliphatic rings. The molecule has 1 heterocycles. The van der Waals surface area contributed by atoms with Gasteiger partial charge in [-0.05, 0) is 24.6 Å². The summed E-state index contributed by atoms with van der Waals surface area (Å²) in [7, 11) is 2.71. The lowest BCUT2D eigenvalue weighted by atomic mass is 9.76. The van der Waals surface area contributed by atoms with Crippen LogP contribution in [0, 0.1) is 23.1 Å². The van der Waals surface area contributed by atoms with Gasteiger partial charge in [-0.3, -0.25) is 4.99 Å². The van der Waals surface area contributed by atoms with Gasteiger partial charge >= 0.3 is 5.97 Å².